The van der Waals surface area contributed by atoms with Crippen LogP contribution in [0, 0.1) is 11.2 Å². The summed E-state index contributed by atoms with van der Waals surface area (Å²) in [5.41, 5.74) is 4.52. The topological polar surface area (TPSA) is 26.0 Å². The van der Waals surface area contributed by atoms with Gasteiger partial charge < -0.3 is 5.73 Å². The maximum atomic E-state index is 13.1. The lowest BCUT2D eigenvalue weighted by Gasteiger charge is -2.13. The summed E-state index contributed by atoms with van der Waals surface area (Å²) in [6.45, 7) is 3.57. The molecule has 0 bridgehead atoms. The van der Waals surface area contributed by atoms with Crippen molar-refractivity contribution < 1.29 is 17.6 Å². The second-order valence-electron chi connectivity index (χ2n) is 5.05. The second kappa shape index (κ2) is 3.45. The summed E-state index contributed by atoms with van der Waals surface area (Å²) in [6.07, 6.45) is -4.47. The Balaban J connectivity index is 2.50. The Morgan fingerprint density at radius 1 is 1.24 bits per heavy atom. The molecule has 0 heterocycles. The molecular weight excluding hydrogens is 234 g/mol. The standard InChI is InChI=1S/C12H13F4N/c1-11(2)9(10(11)17)7-5-6(13)3-4-8(7)12(14,15)16/h3-5,9-10H,17H2,1-2H3/t9-,10-/m0/s1. The first-order valence-corrected chi connectivity index (χ1v) is 5.28. The summed E-state index contributed by atoms with van der Waals surface area (Å²) in [7, 11) is 0. The van der Waals surface area contributed by atoms with Crippen LogP contribution >= 0.6 is 0 Å². The Morgan fingerprint density at radius 3 is 2.18 bits per heavy atom. The van der Waals surface area contributed by atoms with Gasteiger partial charge in [0.25, 0.3) is 0 Å². The third kappa shape index (κ3) is 1.92. The monoisotopic (exact) mass is 247 g/mol. The Labute approximate surface area is 96.6 Å². The molecule has 0 saturated heterocycles. The number of alkyl halides is 3. The SMILES string of the molecule is CC1(C)[C@@H](N)[C@@H]1c1cc(F)ccc1C(F)(F)F. The van der Waals surface area contributed by atoms with Crippen molar-refractivity contribution in [1.82, 2.24) is 0 Å². The highest BCUT2D eigenvalue weighted by Crippen LogP contribution is 2.59. The van der Waals surface area contributed by atoms with Crippen LogP contribution < -0.4 is 5.73 Å². The van der Waals surface area contributed by atoms with Crippen LogP contribution in [-0.4, -0.2) is 6.04 Å². The Bertz CT molecular complexity index is 450. The first kappa shape index (κ1) is 12.4. The molecule has 0 radical (unpaired) electrons. The molecule has 0 aromatic heterocycles. The van der Waals surface area contributed by atoms with Gasteiger partial charge in [-0.2, -0.15) is 13.2 Å². The van der Waals surface area contributed by atoms with Crippen molar-refractivity contribution >= 4 is 0 Å². The summed E-state index contributed by atoms with van der Waals surface area (Å²) < 4.78 is 51.4. The molecule has 0 amide bonds. The average molecular weight is 247 g/mol. The quantitative estimate of drug-likeness (QED) is 0.757. The largest absolute Gasteiger partial charge is 0.416 e. The number of nitrogens with two attached hydrogens (primary N) is 1. The first-order valence-electron chi connectivity index (χ1n) is 5.28. The fraction of sp³-hybridized carbons (Fsp3) is 0.500. The van der Waals surface area contributed by atoms with Crippen molar-refractivity contribution in [3.8, 4) is 0 Å². The third-order valence-corrected chi connectivity index (χ3v) is 3.56. The van der Waals surface area contributed by atoms with Gasteiger partial charge in [0.1, 0.15) is 5.82 Å². The second-order valence-corrected chi connectivity index (χ2v) is 5.05. The van der Waals surface area contributed by atoms with Crippen LogP contribution in [0.2, 0.25) is 0 Å². The molecule has 0 aliphatic heterocycles. The molecule has 1 aliphatic carbocycles. The normalized spacial score (nSPS) is 27.0. The van der Waals surface area contributed by atoms with Gasteiger partial charge in [0.15, 0.2) is 0 Å². The average Bonchev–Trinajstić information content (AvgIpc) is 2.63. The van der Waals surface area contributed by atoms with E-state index in [4.69, 9.17) is 5.73 Å². The first-order chi connectivity index (χ1) is 7.65. The fourth-order valence-corrected chi connectivity index (χ4v) is 2.32. The molecule has 94 valence electrons. The van der Waals surface area contributed by atoms with Crippen molar-refractivity contribution in [3.05, 3.63) is 35.1 Å². The van der Waals surface area contributed by atoms with Crippen molar-refractivity contribution in [2.75, 3.05) is 0 Å². The van der Waals surface area contributed by atoms with Crippen molar-refractivity contribution in [2.24, 2.45) is 11.1 Å². The molecule has 2 atom stereocenters. The minimum absolute atomic E-state index is 0.0324. The van der Waals surface area contributed by atoms with Crippen LogP contribution in [0.15, 0.2) is 18.2 Å². The van der Waals surface area contributed by atoms with E-state index in [1.165, 1.54) is 0 Å². The van der Waals surface area contributed by atoms with Gasteiger partial charge in [0, 0.05) is 12.0 Å². The smallest absolute Gasteiger partial charge is 0.327 e. The minimum atomic E-state index is -4.47. The van der Waals surface area contributed by atoms with Gasteiger partial charge >= 0.3 is 6.18 Å². The van der Waals surface area contributed by atoms with Crippen molar-refractivity contribution in [3.63, 3.8) is 0 Å². The lowest BCUT2D eigenvalue weighted by Crippen LogP contribution is -2.11. The molecule has 5 heteroatoms. The highest BCUT2D eigenvalue weighted by atomic mass is 19.4. The number of benzene rings is 1. The Morgan fingerprint density at radius 2 is 1.76 bits per heavy atom. The Hall–Kier alpha value is -1.10. The third-order valence-electron chi connectivity index (χ3n) is 3.56. The zero-order valence-electron chi connectivity index (χ0n) is 9.48. The van der Waals surface area contributed by atoms with Gasteiger partial charge in [-0.15, -0.1) is 0 Å². The zero-order chi connectivity index (χ0) is 13.0. The molecule has 0 unspecified atom stereocenters. The number of hydrogen-bond acceptors (Lipinski definition) is 1. The van der Waals surface area contributed by atoms with Gasteiger partial charge in [-0.25, -0.2) is 4.39 Å². The summed E-state index contributed by atoms with van der Waals surface area (Å²) in [4.78, 5) is 0. The van der Waals surface area contributed by atoms with Crippen LogP contribution in [-0.2, 0) is 6.18 Å². The molecule has 1 saturated carbocycles. The van der Waals surface area contributed by atoms with Gasteiger partial charge in [-0.3, -0.25) is 0 Å². The zero-order valence-corrected chi connectivity index (χ0v) is 9.48. The molecule has 2 rings (SSSR count). The van der Waals surface area contributed by atoms with Crippen LogP contribution in [0.5, 0.6) is 0 Å². The van der Waals surface area contributed by atoms with Gasteiger partial charge in [0.2, 0.25) is 0 Å². The summed E-state index contributed by atoms with van der Waals surface area (Å²) >= 11 is 0. The molecule has 0 spiro atoms. The number of halogens is 4. The minimum Gasteiger partial charge on any atom is -0.327 e. The summed E-state index contributed by atoms with van der Waals surface area (Å²) in [5, 5.41) is 0. The number of hydrogen-bond donors (Lipinski definition) is 1. The molecule has 1 aromatic rings. The predicted octanol–water partition coefficient (Wildman–Crippen LogP) is 3.30. The van der Waals surface area contributed by atoms with E-state index in [1.54, 1.807) is 13.8 Å². The molecule has 1 nitrogen and oxygen atoms in total. The molecule has 2 N–H and O–H groups in total. The summed E-state index contributed by atoms with van der Waals surface area (Å²) in [6, 6.07) is 2.20. The lowest BCUT2D eigenvalue weighted by molar-refractivity contribution is -0.138. The van der Waals surface area contributed by atoms with E-state index in [0.717, 1.165) is 18.2 Å². The van der Waals surface area contributed by atoms with E-state index in [0.29, 0.717) is 0 Å². The van der Waals surface area contributed by atoms with Crippen LogP contribution in [0.4, 0.5) is 17.6 Å². The fourth-order valence-electron chi connectivity index (χ4n) is 2.32. The van der Waals surface area contributed by atoms with E-state index in [9.17, 15) is 17.6 Å². The van der Waals surface area contributed by atoms with Crippen LogP contribution in [0.25, 0.3) is 0 Å². The van der Waals surface area contributed by atoms with Crippen molar-refractivity contribution in [2.45, 2.75) is 32.0 Å². The van der Waals surface area contributed by atoms with E-state index < -0.39 is 28.9 Å². The molecule has 1 aromatic carbocycles. The molecular formula is C12H13F4N. The predicted molar refractivity (Wildman–Crippen MR) is 55.9 cm³/mol. The van der Waals surface area contributed by atoms with Gasteiger partial charge in [0.05, 0.1) is 5.56 Å². The van der Waals surface area contributed by atoms with E-state index in [2.05, 4.69) is 0 Å². The highest BCUT2D eigenvalue weighted by Gasteiger charge is 2.58. The van der Waals surface area contributed by atoms with Gasteiger partial charge in [-0.1, -0.05) is 13.8 Å². The lowest BCUT2D eigenvalue weighted by atomic mass is 9.97. The maximum Gasteiger partial charge on any atom is 0.416 e. The van der Waals surface area contributed by atoms with Crippen LogP contribution in [0.3, 0.4) is 0 Å². The molecule has 1 fully saturated rings. The summed E-state index contributed by atoms with van der Waals surface area (Å²) in [5.74, 6) is -1.10. The van der Waals surface area contributed by atoms with E-state index in [1.807, 2.05) is 0 Å². The van der Waals surface area contributed by atoms with Gasteiger partial charge in [-0.05, 0) is 29.2 Å². The Kier molecular flexibility index (Phi) is 2.51. The van der Waals surface area contributed by atoms with E-state index >= 15 is 0 Å². The van der Waals surface area contributed by atoms with Crippen molar-refractivity contribution in [1.29, 1.82) is 0 Å². The van der Waals surface area contributed by atoms with Crippen LogP contribution in [0.1, 0.15) is 30.9 Å². The highest BCUT2D eigenvalue weighted by molar-refractivity contribution is 5.41. The van der Waals surface area contributed by atoms with E-state index in [-0.39, 0.29) is 11.6 Å². The number of rotatable bonds is 1. The molecule has 17 heavy (non-hydrogen) atoms. The maximum absolute atomic E-state index is 13.1. The molecule has 1 aliphatic rings.